The van der Waals surface area contributed by atoms with Crippen LogP contribution in [0.1, 0.15) is 11.4 Å². The standard InChI is InChI=1S/C9H4F6INO3/c10-8(11,12)7-6(20-9(13,14)15)4(16)1-3(17-7)2-5(18)19/h1H,2H2,(H,18,19). The van der Waals surface area contributed by atoms with Gasteiger partial charge in [0, 0.05) is 0 Å². The van der Waals surface area contributed by atoms with Crippen molar-refractivity contribution in [2.24, 2.45) is 0 Å². The summed E-state index contributed by atoms with van der Waals surface area (Å²) in [7, 11) is 0. The largest absolute Gasteiger partial charge is 0.573 e. The zero-order valence-corrected chi connectivity index (χ0v) is 11.3. The van der Waals surface area contributed by atoms with Crippen molar-refractivity contribution in [1.29, 1.82) is 0 Å². The Morgan fingerprint density at radius 2 is 1.85 bits per heavy atom. The van der Waals surface area contributed by atoms with Gasteiger partial charge >= 0.3 is 18.5 Å². The summed E-state index contributed by atoms with van der Waals surface area (Å²) >= 11 is 1.18. The second-order valence-corrected chi connectivity index (χ2v) is 4.55. The number of halogens is 7. The van der Waals surface area contributed by atoms with Gasteiger partial charge in [-0.2, -0.15) is 13.2 Å². The molecule has 4 nitrogen and oxygen atoms in total. The van der Waals surface area contributed by atoms with E-state index in [1.165, 1.54) is 22.6 Å². The topological polar surface area (TPSA) is 59.4 Å². The molecule has 0 spiro atoms. The quantitative estimate of drug-likeness (QED) is 0.609. The van der Waals surface area contributed by atoms with E-state index in [1.54, 1.807) is 0 Å². The Bertz CT molecular complexity index is 528. The average molecular weight is 415 g/mol. The molecule has 1 aromatic rings. The highest BCUT2D eigenvalue weighted by molar-refractivity contribution is 14.1. The first-order chi connectivity index (χ1) is 8.90. The highest BCUT2D eigenvalue weighted by atomic mass is 127. The summed E-state index contributed by atoms with van der Waals surface area (Å²) in [6, 6.07) is 0.783. The van der Waals surface area contributed by atoms with E-state index >= 15 is 0 Å². The molecule has 20 heavy (non-hydrogen) atoms. The van der Waals surface area contributed by atoms with Crippen LogP contribution in [0.2, 0.25) is 0 Å². The van der Waals surface area contributed by atoms with Crippen molar-refractivity contribution in [3.63, 3.8) is 0 Å². The molecule has 0 saturated carbocycles. The molecule has 0 aromatic carbocycles. The van der Waals surface area contributed by atoms with Crippen LogP contribution in [0.15, 0.2) is 6.07 Å². The Morgan fingerprint density at radius 3 is 2.25 bits per heavy atom. The minimum atomic E-state index is -5.32. The Labute approximate surface area is 120 Å². The lowest BCUT2D eigenvalue weighted by molar-refractivity contribution is -0.276. The van der Waals surface area contributed by atoms with Crippen LogP contribution in [0.4, 0.5) is 26.3 Å². The van der Waals surface area contributed by atoms with E-state index in [-0.39, 0.29) is 0 Å². The van der Waals surface area contributed by atoms with Crippen LogP contribution in [0.5, 0.6) is 5.75 Å². The number of aliphatic carboxylic acids is 1. The first-order valence-corrected chi connectivity index (χ1v) is 5.72. The number of aromatic nitrogens is 1. The fourth-order valence-electron chi connectivity index (χ4n) is 1.20. The third kappa shape index (κ3) is 4.68. The van der Waals surface area contributed by atoms with Crippen molar-refractivity contribution in [2.45, 2.75) is 19.0 Å². The lowest BCUT2D eigenvalue weighted by atomic mass is 10.2. The fraction of sp³-hybridized carbons (Fsp3) is 0.333. The third-order valence-corrected chi connectivity index (χ3v) is 2.60. The van der Waals surface area contributed by atoms with Crippen molar-refractivity contribution < 1.29 is 41.0 Å². The summed E-state index contributed by atoms with van der Waals surface area (Å²) in [4.78, 5) is 13.3. The molecule has 0 bridgehead atoms. The molecule has 0 amide bonds. The Kier molecular flexibility index (Phi) is 4.71. The Hall–Kier alpha value is -1.27. The second-order valence-electron chi connectivity index (χ2n) is 3.39. The lowest BCUT2D eigenvalue weighted by Crippen LogP contribution is -2.22. The van der Waals surface area contributed by atoms with Gasteiger partial charge in [0.15, 0.2) is 11.4 Å². The van der Waals surface area contributed by atoms with Crippen molar-refractivity contribution in [3.8, 4) is 5.75 Å². The summed E-state index contributed by atoms with van der Waals surface area (Å²) in [5.74, 6) is -2.97. The van der Waals surface area contributed by atoms with Gasteiger partial charge in [0.05, 0.1) is 15.7 Å². The molecule has 0 fully saturated rings. The van der Waals surface area contributed by atoms with E-state index in [9.17, 15) is 31.1 Å². The minimum Gasteiger partial charge on any atom is -0.481 e. The summed E-state index contributed by atoms with van der Waals surface area (Å²) in [6.45, 7) is 0. The molecule has 0 unspecified atom stereocenters. The molecule has 1 aromatic heterocycles. The maximum Gasteiger partial charge on any atom is 0.573 e. The monoisotopic (exact) mass is 415 g/mol. The molecule has 0 aliphatic rings. The smallest absolute Gasteiger partial charge is 0.481 e. The van der Waals surface area contributed by atoms with E-state index in [2.05, 4.69) is 9.72 Å². The zero-order chi connectivity index (χ0) is 15.7. The molecule has 0 aliphatic heterocycles. The van der Waals surface area contributed by atoms with E-state index in [4.69, 9.17) is 5.11 Å². The van der Waals surface area contributed by atoms with Crippen LogP contribution in [0.3, 0.4) is 0 Å². The molecule has 0 atom stereocenters. The molecule has 0 aliphatic carbocycles. The average Bonchev–Trinajstić information content (AvgIpc) is 2.17. The zero-order valence-electron chi connectivity index (χ0n) is 9.14. The first kappa shape index (κ1) is 16.8. The number of carbonyl (C=O) groups is 1. The van der Waals surface area contributed by atoms with Crippen LogP contribution in [0.25, 0.3) is 0 Å². The van der Waals surface area contributed by atoms with Gasteiger partial charge < -0.3 is 9.84 Å². The number of nitrogens with zero attached hydrogens (tertiary/aromatic N) is 1. The Balaban J connectivity index is 3.39. The van der Waals surface area contributed by atoms with E-state index in [1.807, 2.05) is 0 Å². The number of rotatable bonds is 3. The molecule has 1 N–H and O–H groups in total. The number of ether oxygens (including phenoxy) is 1. The van der Waals surface area contributed by atoms with Gasteiger partial charge in [0.1, 0.15) is 0 Å². The number of pyridine rings is 1. The molecule has 0 radical (unpaired) electrons. The van der Waals surface area contributed by atoms with Crippen molar-refractivity contribution >= 4 is 28.6 Å². The molecule has 0 saturated heterocycles. The van der Waals surface area contributed by atoms with Gasteiger partial charge in [-0.05, 0) is 28.7 Å². The molecular weight excluding hydrogens is 411 g/mol. The summed E-state index contributed by atoms with van der Waals surface area (Å²) < 4.78 is 77.0. The summed E-state index contributed by atoms with van der Waals surface area (Å²) in [6.07, 6.45) is -11.4. The SMILES string of the molecule is O=C(O)Cc1cc(I)c(OC(F)(F)F)c(C(F)(F)F)n1. The summed E-state index contributed by atoms with van der Waals surface area (Å²) in [5.41, 5.74) is -2.44. The van der Waals surface area contributed by atoms with Crippen LogP contribution in [0, 0.1) is 3.57 Å². The van der Waals surface area contributed by atoms with Gasteiger partial charge in [0.2, 0.25) is 0 Å². The van der Waals surface area contributed by atoms with Gasteiger partial charge in [-0.3, -0.25) is 4.79 Å². The van der Waals surface area contributed by atoms with Crippen LogP contribution in [-0.4, -0.2) is 22.4 Å². The number of alkyl halides is 6. The third-order valence-electron chi connectivity index (χ3n) is 1.80. The van der Waals surface area contributed by atoms with Gasteiger partial charge in [-0.15, -0.1) is 13.2 Å². The lowest BCUT2D eigenvalue weighted by Gasteiger charge is -2.16. The summed E-state index contributed by atoms with van der Waals surface area (Å²) in [5, 5.41) is 8.47. The van der Waals surface area contributed by atoms with E-state index in [0.29, 0.717) is 0 Å². The molecule has 11 heteroatoms. The highest BCUT2D eigenvalue weighted by Crippen LogP contribution is 2.40. The molecule has 1 rings (SSSR count). The Morgan fingerprint density at radius 1 is 1.30 bits per heavy atom. The molecule has 1 heterocycles. The minimum absolute atomic E-state index is 0.524. The van der Waals surface area contributed by atoms with Crippen LogP contribution >= 0.6 is 22.6 Å². The molecule has 112 valence electrons. The van der Waals surface area contributed by atoms with Gasteiger partial charge in [-0.1, -0.05) is 0 Å². The second kappa shape index (κ2) is 5.61. The molecular formula is C9H4F6INO3. The fourth-order valence-corrected chi connectivity index (χ4v) is 1.93. The number of hydrogen-bond donors (Lipinski definition) is 1. The van der Waals surface area contributed by atoms with Crippen molar-refractivity contribution in [2.75, 3.05) is 0 Å². The normalized spacial score (nSPS) is 12.3. The predicted octanol–water partition coefficient (Wildman–Crippen LogP) is 3.23. The van der Waals surface area contributed by atoms with Gasteiger partial charge in [-0.25, -0.2) is 4.98 Å². The predicted molar refractivity (Wildman–Crippen MR) is 60.0 cm³/mol. The van der Waals surface area contributed by atoms with Crippen molar-refractivity contribution in [3.05, 3.63) is 21.0 Å². The van der Waals surface area contributed by atoms with Crippen LogP contribution in [-0.2, 0) is 17.4 Å². The maximum atomic E-state index is 12.7. The van der Waals surface area contributed by atoms with E-state index < -0.39 is 45.6 Å². The maximum absolute atomic E-state index is 12.7. The van der Waals surface area contributed by atoms with Crippen molar-refractivity contribution in [1.82, 2.24) is 4.98 Å². The number of carboxylic acid groups (broad SMARTS) is 1. The van der Waals surface area contributed by atoms with Gasteiger partial charge in [0.25, 0.3) is 0 Å². The first-order valence-electron chi connectivity index (χ1n) is 4.64. The number of hydrogen-bond acceptors (Lipinski definition) is 3. The van der Waals surface area contributed by atoms with E-state index in [0.717, 1.165) is 6.07 Å². The number of carboxylic acids is 1. The van der Waals surface area contributed by atoms with Crippen LogP contribution < -0.4 is 4.74 Å². The highest BCUT2D eigenvalue weighted by Gasteiger charge is 2.42.